The minimum atomic E-state index is -1.06. The zero-order valence-electron chi connectivity index (χ0n) is 36.7. The second kappa shape index (κ2) is 16.7. The highest BCUT2D eigenvalue weighted by Crippen LogP contribution is 2.46. The number of anilines is 2. The van der Waals surface area contributed by atoms with Gasteiger partial charge >= 0.3 is 5.97 Å². The molecule has 7 aromatic rings. The fourth-order valence-corrected chi connectivity index (χ4v) is 10.1. The van der Waals surface area contributed by atoms with Crippen molar-refractivity contribution in [3.63, 3.8) is 0 Å². The second-order valence-corrected chi connectivity index (χ2v) is 17.8. The number of carboxylic acids is 1. The summed E-state index contributed by atoms with van der Waals surface area (Å²) in [5.74, 6) is 0.340. The molecular weight excluding hydrogens is 837 g/mol. The Morgan fingerprint density at radius 2 is 1.70 bits per heavy atom. The number of rotatable bonds is 11. The number of carboxylic acid groups (broad SMARTS) is 1. The van der Waals surface area contributed by atoms with Crippen LogP contribution in [0.5, 0.6) is 5.75 Å². The highest BCUT2D eigenvalue weighted by atomic mass is 35.5. The fourth-order valence-electron chi connectivity index (χ4n) is 9.71. The van der Waals surface area contributed by atoms with Crippen molar-refractivity contribution in [1.29, 1.82) is 0 Å². The molecule has 2 aliphatic rings. The van der Waals surface area contributed by atoms with Crippen LogP contribution in [0.15, 0.2) is 60.7 Å². The molecule has 1 unspecified atom stereocenters. The lowest BCUT2D eigenvalue weighted by Crippen LogP contribution is -2.43. The Labute approximate surface area is 376 Å². The Morgan fingerprint density at radius 1 is 0.952 bits per heavy atom. The predicted molar refractivity (Wildman–Crippen MR) is 250 cm³/mol. The van der Waals surface area contributed by atoms with Gasteiger partial charge in [0.2, 0.25) is 0 Å². The van der Waals surface area contributed by atoms with Crippen LogP contribution >= 0.6 is 23.2 Å². The number of carbonyl (C=O) groups excluding carboxylic acids is 1. The van der Waals surface area contributed by atoms with Crippen LogP contribution in [0.4, 0.5) is 11.5 Å². The quantitative estimate of drug-likeness (QED) is 0.128. The van der Waals surface area contributed by atoms with Crippen LogP contribution in [0.25, 0.3) is 32.9 Å². The highest BCUT2D eigenvalue weighted by Gasteiger charge is 2.38. The molecule has 0 spiro atoms. The zero-order valence-corrected chi connectivity index (χ0v) is 38.2. The topological polar surface area (TPSA) is 120 Å². The monoisotopic (exact) mass is 887 g/mol. The van der Waals surface area contributed by atoms with Gasteiger partial charge in [0.15, 0.2) is 0 Å². The summed E-state index contributed by atoms with van der Waals surface area (Å²) < 4.78 is 17.7. The maximum absolute atomic E-state index is 15.6. The number of carbonyl (C=O) groups is 2. The molecule has 2 aliphatic heterocycles. The number of morpholine rings is 1. The number of aromatic nitrogens is 5. The first kappa shape index (κ1) is 42.5. The van der Waals surface area contributed by atoms with E-state index in [0.29, 0.717) is 66.8 Å². The Morgan fingerprint density at radius 3 is 2.40 bits per heavy atom. The normalized spacial score (nSPS) is 15.5. The molecule has 63 heavy (non-hydrogen) atoms. The zero-order chi connectivity index (χ0) is 44.4. The number of pyridine rings is 1. The summed E-state index contributed by atoms with van der Waals surface area (Å²) in [7, 11) is 1.93. The SMILES string of the molecule is Cc1cc(N2CC(C)n3c(c(CCCOc4cc(C)c(Cl)c(C)c4)c4ccc(Cl)c(-c5c(C)nn(C)c5C)c43)C2=O)c2c(c1)cc(C(=O)O)n2Cc1cccc(N2CCOCC2)n1. The Kier molecular flexibility index (Phi) is 11.3. The molecule has 0 radical (unpaired) electrons. The van der Waals surface area contributed by atoms with Gasteiger partial charge in [-0.15, -0.1) is 0 Å². The molecule has 9 rings (SSSR count). The van der Waals surface area contributed by atoms with E-state index < -0.39 is 5.97 Å². The van der Waals surface area contributed by atoms with Crippen LogP contribution in [0, 0.1) is 34.6 Å². The molecule has 326 valence electrons. The smallest absolute Gasteiger partial charge is 0.352 e. The third kappa shape index (κ3) is 7.51. The molecule has 1 fully saturated rings. The number of aryl methyl sites for hydroxylation is 6. The number of hydrogen-bond donors (Lipinski definition) is 1. The summed E-state index contributed by atoms with van der Waals surface area (Å²) in [6.45, 7) is 15.7. The van der Waals surface area contributed by atoms with Crippen molar-refractivity contribution in [2.45, 2.75) is 67.0 Å². The predicted octanol–water partition coefficient (Wildman–Crippen LogP) is 10.1. The number of nitrogens with zero attached hydrogens (tertiary/aromatic N) is 7. The maximum atomic E-state index is 15.6. The van der Waals surface area contributed by atoms with Gasteiger partial charge in [-0.25, -0.2) is 9.78 Å². The molecule has 1 N–H and O–H groups in total. The van der Waals surface area contributed by atoms with Crippen LogP contribution < -0.4 is 14.5 Å². The molecular formula is C49H51Cl2N7O5. The van der Waals surface area contributed by atoms with Crippen molar-refractivity contribution >= 4 is 68.4 Å². The lowest BCUT2D eigenvalue weighted by atomic mass is 9.98. The number of fused-ring (bicyclic) bond motifs is 4. The number of amides is 1. The summed E-state index contributed by atoms with van der Waals surface area (Å²) in [5.41, 5.74) is 11.0. The largest absolute Gasteiger partial charge is 0.494 e. The minimum Gasteiger partial charge on any atom is -0.494 e. The standard InChI is InChI=1S/C49H51Cl2N7O5/c1-27-20-33-24-40(49(60)61)56(26-34-10-8-12-41(52-34)55-15-18-62-19-16-55)45(33)39(21-27)57-25-30(4)58-46-37(13-14-38(50)43(46)42-31(5)53-54(7)32(42)6)36(47(58)48(57)59)11-9-17-63-35-22-28(2)44(51)29(3)23-35/h8,10,12-14,20-24,30H,9,11,15-19,25-26H2,1-7H3,(H,60,61). The first-order valence-electron chi connectivity index (χ1n) is 21.4. The van der Waals surface area contributed by atoms with Crippen molar-refractivity contribution in [3.8, 4) is 16.9 Å². The summed E-state index contributed by atoms with van der Waals surface area (Å²) in [6.07, 6.45) is 1.18. The van der Waals surface area contributed by atoms with E-state index in [2.05, 4.69) is 16.4 Å². The molecule has 4 aromatic heterocycles. The highest BCUT2D eigenvalue weighted by molar-refractivity contribution is 6.35. The molecule has 1 amide bonds. The van der Waals surface area contributed by atoms with E-state index in [1.165, 1.54) is 0 Å². The summed E-state index contributed by atoms with van der Waals surface area (Å²) >= 11 is 13.7. The van der Waals surface area contributed by atoms with Crippen LogP contribution in [-0.4, -0.2) is 80.3 Å². The summed E-state index contributed by atoms with van der Waals surface area (Å²) in [5, 5.41) is 18.4. The van der Waals surface area contributed by atoms with Gasteiger partial charge in [-0.1, -0.05) is 35.3 Å². The van der Waals surface area contributed by atoms with Crippen molar-refractivity contribution in [3.05, 3.63) is 121 Å². The van der Waals surface area contributed by atoms with Crippen molar-refractivity contribution in [2.75, 3.05) is 49.3 Å². The molecule has 6 heterocycles. The second-order valence-electron chi connectivity index (χ2n) is 17.0. The van der Waals surface area contributed by atoms with E-state index in [1.54, 1.807) is 10.6 Å². The van der Waals surface area contributed by atoms with Gasteiger partial charge in [0.25, 0.3) is 5.91 Å². The van der Waals surface area contributed by atoms with E-state index in [1.807, 2.05) is 106 Å². The average molecular weight is 889 g/mol. The number of ether oxygens (including phenoxy) is 2. The van der Waals surface area contributed by atoms with Crippen LogP contribution in [0.2, 0.25) is 10.0 Å². The van der Waals surface area contributed by atoms with Crippen molar-refractivity contribution in [2.24, 2.45) is 7.05 Å². The Balaban J connectivity index is 1.18. The summed E-state index contributed by atoms with van der Waals surface area (Å²) in [4.78, 5) is 37.6. The molecule has 3 aromatic carbocycles. The average Bonchev–Trinajstić information content (AvgIpc) is 3.88. The molecule has 0 bridgehead atoms. The molecule has 0 saturated carbocycles. The molecule has 12 nitrogen and oxygen atoms in total. The van der Waals surface area contributed by atoms with Crippen molar-refractivity contribution in [1.82, 2.24) is 23.9 Å². The maximum Gasteiger partial charge on any atom is 0.352 e. The van der Waals surface area contributed by atoms with E-state index in [0.717, 1.165) is 90.7 Å². The van der Waals surface area contributed by atoms with E-state index >= 15 is 4.79 Å². The van der Waals surface area contributed by atoms with Crippen LogP contribution in [-0.2, 0) is 24.8 Å². The molecule has 1 atom stereocenters. The van der Waals surface area contributed by atoms with Gasteiger partial charge in [0.1, 0.15) is 23.0 Å². The number of halogens is 2. The van der Waals surface area contributed by atoms with E-state index in [9.17, 15) is 9.90 Å². The molecule has 1 saturated heterocycles. The lowest BCUT2D eigenvalue weighted by molar-refractivity contribution is 0.0686. The van der Waals surface area contributed by atoms with E-state index in [-0.39, 0.29) is 24.2 Å². The molecule has 0 aliphatic carbocycles. The van der Waals surface area contributed by atoms with Gasteiger partial charge in [-0.05, 0) is 125 Å². The van der Waals surface area contributed by atoms with Gasteiger partial charge in [-0.3, -0.25) is 9.48 Å². The van der Waals surface area contributed by atoms with Gasteiger partial charge in [0.05, 0.1) is 59.5 Å². The lowest BCUT2D eigenvalue weighted by Gasteiger charge is -2.35. The number of aromatic carboxylic acids is 1. The minimum absolute atomic E-state index is 0.121. The van der Waals surface area contributed by atoms with Crippen LogP contribution in [0.1, 0.15) is 79.7 Å². The van der Waals surface area contributed by atoms with E-state index in [4.69, 9.17) is 42.8 Å². The van der Waals surface area contributed by atoms with Gasteiger partial charge in [0, 0.05) is 65.3 Å². The first-order chi connectivity index (χ1) is 30.2. The van der Waals surface area contributed by atoms with Gasteiger partial charge in [-0.2, -0.15) is 5.10 Å². The molecule has 14 heteroatoms. The van der Waals surface area contributed by atoms with Crippen LogP contribution in [0.3, 0.4) is 0 Å². The number of hydrogen-bond acceptors (Lipinski definition) is 7. The van der Waals surface area contributed by atoms with Crippen molar-refractivity contribution < 1.29 is 24.2 Å². The third-order valence-corrected chi connectivity index (χ3v) is 13.5. The first-order valence-corrected chi connectivity index (χ1v) is 22.2. The Bertz CT molecular complexity index is 2950. The van der Waals surface area contributed by atoms with Gasteiger partial charge < -0.3 is 33.5 Å². The fraction of sp³-hybridized carbons (Fsp3) is 0.347. The Hall–Kier alpha value is -5.82. The summed E-state index contributed by atoms with van der Waals surface area (Å²) in [6, 6.07) is 19.2. The third-order valence-electron chi connectivity index (χ3n) is 12.6. The number of benzene rings is 3.